The number of ether oxygens (including phenoxy) is 1. The molecule has 1 aromatic heterocycles. The number of hydrogen-bond acceptors (Lipinski definition) is 3. The van der Waals surface area contributed by atoms with E-state index in [4.69, 9.17) is 4.74 Å². The predicted octanol–water partition coefficient (Wildman–Crippen LogP) is 4.11. The van der Waals surface area contributed by atoms with Crippen LogP contribution in [0.15, 0.2) is 24.3 Å². The van der Waals surface area contributed by atoms with Crippen molar-refractivity contribution >= 4 is 0 Å². The molecule has 22 heavy (non-hydrogen) atoms. The minimum Gasteiger partial charge on any atom is -0.374 e. The summed E-state index contributed by atoms with van der Waals surface area (Å²) in [5.74, 6) is 0. The van der Waals surface area contributed by atoms with Gasteiger partial charge in [0.2, 0.25) is 0 Å². The molecule has 4 heteroatoms. The lowest BCUT2D eigenvalue weighted by Crippen LogP contribution is -2.16. The molecule has 1 aliphatic rings. The van der Waals surface area contributed by atoms with Gasteiger partial charge in [0, 0.05) is 11.3 Å². The van der Waals surface area contributed by atoms with Crippen LogP contribution in [0.25, 0.3) is 11.1 Å². The van der Waals surface area contributed by atoms with Crippen molar-refractivity contribution in [2.45, 2.75) is 51.7 Å². The molecule has 0 radical (unpaired) electrons. The first-order chi connectivity index (χ1) is 10.8. The molecule has 0 spiro atoms. The van der Waals surface area contributed by atoms with Crippen LogP contribution in [0.4, 0.5) is 0 Å². The molecule has 0 amide bonds. The fourth-order valence-corrected chi connectivity index (χ4v) is 3.13. The van der Waals surface area contributed by atoms with Crippen molar-refractivity contribution in [2.24, 2.45) is 0 Å². The van der Waals surface area contributed by atoms with Crippen molar-refractivity contribution < 1.29 is 4.74 Å². The summed E-state index contributed by atoms with van der Waals surface area (Å²) < 4.78 is 6.04. The number of H-pyrrole nitrogens is 1. The topological polar surface area (TPSA) is 61.7 Å². The lowest BCUT2D eigenvalue weighted by molar-refractivity contribution is 0.0169. The van der Waals surface area contributed by atoms with Gasteiger partial charge in [-0.3, -0.25) is 5.10 Å². The third-order valence-electron chi connectivity index (χ3n) is 4.31. The van der Waals surface area contributed by atoms with Crippen molar-refractivity contribution in [1.82, 2.24) is 10.2 Å². The number of aryl methyl sites for hydroxylation is 1. The highest BCUT2D eigenvalue weighted by molar-refractivity contribution is 5.71. The Balaban J connectivity index is 1.75. The molecule has 1 saturated carbocycles. The second-order valence-electron chi connectivity index (χ2n) is 5.96. The number of aromatic amines is 1. The summed E-state index contributed by atoms with van der Waals surface area (Å²) in [6.07, 6.45) is 6.67. The Bertz CT molecular complexity index is 678. The largest absolute Gasteiger partial charge is 0.374 e. The van der Waals surface area contributed by atoms with E-state index < -0.39 is 0 Å². The molecular weight excluding hydrogens is 274 g/mol. The molecule has 0 atom stereocenters. The van der Waals surface area contributed by atoms with Crippen molar-refractivity contribution in [3.05, 3.63) is 41.2 Å². The lowest BCUT2D eigenvalue weighted by atomic mass is 9.97. The summed E-state index contributed by atoms with van der Waals surface area (Å²) in [7, 11) is 0. The van der Waals surface area contributed by atoms with Crippen LogP contribution in [0, 0.1) is 18.3 Å². The van der Waals surface area contributed by atoms with Gasteiger partial charge in [-0.15, -0.1) is 0 Å². The lowest BCUT2D eigenvalue weighted by Gasteiger charge is -2.22. The van der Waals surface area contributed by atoms with E-state index in [0.29, 0.717) is 18.4 Å². The highest BCUT2D eigenvalue weighted by Crippen LogP contribution is 2.27. The first kappa shape index (κ1) is 14.8. The van der Waals surface area contributed by atoms with Gasteiger partial charge >= 0.3 is 0 Å². The zero-order chi connectivity index (χ0) is 15.4. The summed E-state index contributed by atoms with van der Waals surface area (Å²) in [6, 6.07) is 10.4. The van der Waals surface area contributed by atoms with Crippen molar-refractivity contribution in [1.29, 1.82) is 5.26 Å². The van der Waals surface area contributed by atoms with E-state index in [-0.39, 0.29) is 0 Å². The van der Waals surface area contributed by atoms with Gasteiger partial charge in [-0.25, -0.2) is 0 Å². The molecule has 1 aromatic carbocycles. The summed E-state index contributed by atoms with van der Waals surface area (Å²) in [5.41, 5.74) is 4.42. The Kier molecular flexibility index (Phi) is 4.55. The van der Waals surface area contributed by atoms with Crippen molar-refractivity contribution in [3.8, 4) is 17.2 Å². The first-order valence-electron chi connectivity index (χ1n) is 7.94. The van der Waals surface area contributed by atoms with E-state index in [1.807, 2.05) is 19.1 Å². The van der Waals surface area contributed by atoms with Crippen LogP contribution in [0.3, 0.4) is 0 Å². The van der Waals surface area contributed by atoms with Crippen LogP contribution in [0.2, 0.25) is 0 Å². The van der Waals surface area contributed by atoms with E-state index in [9.17, 15) is 5.26 Å². The Morgan fingerprint density at radius 3 is 2.91 bits per heavy atom. The third-order valence-corrected chi connectivity index (χ3v) is 4.31. The molecule has 1 N–H and O–H groups in total. The highest BCUT2D eigenvalue weighted by Gasteiger charge is 2.15. The van der Waals surface area contributed by atoms with Crippen LogP contribution in [0.1, 0.15) is 49.1 Å². The number of rotatable bonds is 4. The summed E-state index contributed by atoms with van der Waals surface area (Å²) in [4.78, 5) is 0. The molecule has 0 bridgehead atoms. The molecular formula is C18H21N3O. The van der Waals surface area contributed by atoms with Gasteiger partial charge in [-0.2, -0.15) is 10.4 Å². The zero-order valence-corrected chi connectivity index (χ0v) is 12.9. The predicted molar refractivity (Wildman–Crippen MR) is 85.1 cm³/mol. The smallest absolute Gasteiger partial charge is 0.170 e. The Labute approximate surface area is 131 Å². The standard InChI is InChI=1S/C18H21N3O/c1-13-18(17(11-19)21-20-13)15-7-5-6-14(10-15)12-22-16-8-3-2-4-9-16/h5-7,10,16H,2-4,8-9,12H2,1H3,(H,20,21). The maximum Gasteiger partial charge on any atom is 0.170 e. The minimum atomic E-state index is 0.405. The maximum absolute atomic E-state index is 9.18. The van der Waals surface area contributed by atoms with E-state index in [1.54, 1.807) is 0 Å². The molecule has 114 valence electrons. The number of nitrogens with zero attached hydrogens (tertiary/aromatic N) is 2. The van der Waals surface area contributed by atoms with Crippen molar-refractivity contribution in [3.63, 3.8) is 0 Å². The molecule has 0 aliphatic heterocycles. The average Bonchev–Trinajstić information content (AvgIpc) is 2.95. The fraction of sp³-hybridized carbons (Fsp3) is 0.444. The van der Waals surface area contributed by atoms with Crippen LogP contribution in [-0.2, 0) is 11.3 Å². The number of benzene rings is 1. The molecule has 1 fully saturated rings. The minimum absolute atomic E-state index is 0.405. The summed E-state index contributed by atoms with van der Waals surface area (Å²) >= 11 is 0. The van der Waals surface area contributed by atoms with Crippen LogP contribution < -0.4 is 0 Å². The van der Waals surface area contributed by atoms with E-state index in [2.05, 4.69) is 28.4 Å². The Morgan fingerprint density at radius 1 is 1.32 bits per heavy atom. The van der Waals surface area contributed by atoms with Crippen LogP contribution in [-0.4, -0.2) is 16.3 Å². The number of hydrogen-bond donors (Lipinski definition) is 1. The van der Waals surface area contributed by atoms with Gasteiger partial charge in [0.25, 0.3) is 0 Å². The first-order valence-corrected chi connectivity index (χ1v) is 7.94. The normalized spacial score (nSPS) is 15.6. The maximum atomic E-state index is 9.18. The zero-order valence-electron chi connectivity index (χ0n) is 12.9. The summed E-state index contributed by atoms with van der Waals surface area (Å²) in [5, 5.41) is 16.1. The summed E-state index contributed by atoms with van der Waals surface area (Å²) in [6.45, 7) is 2.58. The SMILES string of the molecule is Cc1[nH]nc(C#N)c1-c1cccc(COC2CCCCC2)c1. The van der Waals surface area contributed by atoms with E-state index in [1.165, 1.54) is 32.1 Å². The van der Waals surface area contributed by atoms with Gasteiger partial charge in [0.1, 0.15) is 6.07 Å². The van der Waals surface area contributed by atoms with Gasteiger partial charge in [-0.05, 0) is 37.0 Å². The second kappa shape index (κ2) is 6.76. The van der Waals surface area contributed by atoms with Gasteiger partial charge in [0.15, 0.2) is 5.69 Å². The molecule has 1 heterocycles. The number of nitrogens with one attached hydrogen (secondary N) is 1. The highest BCUT2D eigenvalue weighted by atomic mass is 16.5. The molecule has 4 nitrogen and oxygen atoms in total. The van der Waals surface area contributed by atoms with Crippen LogP contribution >= 0.6 is 0 Å². The molecule has 0 unspecified atom stereocenters. The average molecular weight is 295 g/mol. The number of nitriles is 1. The van der Waals surface area contributed by atoms with Gasteiger partial charge in [0.05, 0.1) is 12.7 Å². The molecule has 0 saturated heterocycles. The Morgan fingerprint density at radius 2 is 2.14 bits per heavy atom. The third kappa shape index (κ3) is 3.20. The van der Waals surface area contributed by atoms with Gasteiger partial charge in [-0.1, -0.05) is 37.5 Å². The van der Waals surface area contributed by atoms with Crippen LogP contribution in [0.5, 0.6) is 0 Å². The number of aromatic nitrogens is 2. The molecule has 2 aromatic rings. The molecule has 1 aliphatic carbocycles. The molecule has 3 rings (SSSR count). The fourth-order valence-electron chi connectivity index (χ4n) is 3.13. The van der Waals surface area contributed by atoms with E-state index >= 15 is 0 Å². The van der Waals surface area contributed by atoms with Crippen molar-refractivity contribution in [2.75, 3.05) is 0 Å². The Hall–Kier alpha value is -2.12. The van der Waals surface area contributed by atoms with Gasteiger partial charge < -0.3 is 4.74 Å². The quantitative estimate of drug-likeness (QED) is 0.923. The second-order valence-corrected chi connectivity index (χ2v) is 5.96. The van der Waals surface area contributed by atoms with E-state index in [0.717, 1.165) is 22.4 Å². The monoisotopic (exact) mass is 295 g/mol.